The van der Waals surface area contributed by atoms with E-state index in [4.69, 9.17) is 11.6 Å². The zero-order valence-electron chi connectivity index (χ0n) is 17.2. The van der Waals surface area contributed by atoms with E-state index in [9.17, 15) is 22.0 Å². The molecule has 166 valence electrons. The lowest BCUT2D eigenvalue weighted by molar-refractivity contribution is 0.0989. The second kappa shape index (κ2) is 8.64. The molecule has 0 saturated heterocycles. The number of benzene rings is 3. The highest BCUT2D eigenvalue weighted by molar-refractivity contribution is 7.92. The van der Waals surface area contributed by atoms with Crippen molar-refractivity contribution >= 4 is 33.1 Å². The van der Waals surface area contributed by atoms with Crippen molar-refractivity contribution in [3.63, 3.8) is 0 Å². The number of hydrogen-bond donors (Lipinski definition) is 0. The molecular formula is C24H20ClF2NO3S. The van der Waals surface area contributed by atoms with Gasteiger partial charge in [0.25, 0.3) is 10.0 Å². The second-order valence-corrected chi connectivity index (χ2v) is 10.0. The van der Waals surface area contributed by atoms with Gasteiger partial charge in [-0.2, -0.15) is 0 Å². The summed E-state index contributed by atoms with van der Waals surface area (Å²) in [5.41, 5.74) is 2.55. The van der Waals surface area contributed by atoms with E-state index in [1.165, 1.54) is 34.6 Å². The van der Waals surface area contributed by atoms with Crippen molar-refractivity contribution in [1.82, 2.24) is 0 Å². The van der Waals surface area contributed by atoms with Crippen LogP contribution in [0.15, 0.2) is 59.5 Å². The fourth-order valence-electron chi connectivity index (χ4n) is 3.97. The maximum atomic E-state index is 14.2. The Morgan fingerprint density at radius 3 is 2.50 bits per heavy atom. The SMILES string of the molecule is Cc1cc2c(cc1CC(=O)c1c(F)cccc1Cl)N(S(=O)(=O)c1ccc(F)cc1)CCC2. The van der Waals surface area contributed by atoms with Crippen molar-refractivity contribution < 1.29 is 22.0 Å². The molecule has 3 aromatic carbocycles. The Morgan fingerprint density at radius 2 is 1.81 bits per heavy atom. The number of fused-ring (bicyclic) bond motifs is 1. The first-order chi connectivity index (χ1) is 15.2. The van der Waals surface area contributed by atoms with Crippen molar-refractivity contribution in [2.45, 2.75) is 31.1 Å². The van der Waals surface area contributed by atoms with Gasteiger partial charge in [0.2, 0.25) is 0 Å². The first-order valence-corrected chi connectivity index (χ1v) is 11.9. The van der Waals surface area contributed by atoms with Crippen LogP contribution in [0.3, 0.4) is 0 Å². The van der Waals surface area contributed by atoms with Gasteiger partial charge in [-0.05, 0) is 78.9 Å². The predicted molar refractivity (Wildman–Crippen MR) is 120 cm³/mol. The summed E-state index contributed by atoms with van der Waals surface area (Å²) in [6.45, 7) is 2.10. The Bertz CT molecular complexity index is 1290. The molecule has 32 heavy (non-hydrogen) atoms. The van der Waals surface area contributed by atoms with E-state index in [0.717, 1.165) is 23.3 Å². The van der Waals surface area contributed by atoms with Crippen molar-refractivity contribution in [3.05, 3.63) is 93.5 Å². The van der Waals surface area contributed by atoms with Crippen LogP contribution in [0.25, 0.3) is 0 Å². The minimum Gasteiger partial charge on any atom is -0.294 e. The van der Waals surface area contributed by atoms with E-state index in [-0.39, 0.29) is 28.4 Å². The summed E-state index contributed by atoms with van der Waals surface area (Å²) < 4.78 is 55.3. The minimum absolute atomic E-state index is 0.0110. The molecule has 0 radical (unpaired) electrons. The van der Waals surface area contributed by atoms with Gasteiger partial charge >= 0.3 is 0 Å². The first kappa shape index (κ1) is 22.4. The molecule has 0 aromatic heterocycles. The van der Waals surface area contributed by atoms with Crippen molar-refractivity contribution in [2.24, 2.45) is 0 Å². The molecule has 0 atom stereocenters. The minimum atomic E-state index is -3.92. The Balaban J connectivity index is 1.73. The van der Waals surface area contributed by atoms with Crippen LogP contribution in [0.2, 0.25) is 5.02 Å². The number of carbonyl (C=O) groups excluding carboxylic acids is 1. The highest BCUT2D eigenvalue weighted by Crippen LogP contribution is 2.35. The lowest BCUT2D eigenvalue weighted by Crippen LogP contribution is -2.35. The Labute approximate surface area is 190 Å². The molecule has 0 N–H and O–H groups in total. The van der Waals surface area contributed by atoms with Crippen LogP contribution >= 0.6 is 11.6 Å². The normalized spacial score (nSPS) is 13.7. The number of nitrogens with zero attached hydrogens (tertiary/aromatic N) is 1. The topological polar surface area (TPSA) is 54.5 Å². The zero-order valence-corrected chi connectivity index (χ0v) is 18.8. The molecule has 4 nitrogen and oxygen atoms in total. The van der Waals surface area contributed by atoms with Crippen molar-refractivity contribution in [1.29, 1.82) is 0 Å². The summed E-state index contributed by atoms with van der Waals surface area (Å²) in [6.07, 6.45) is 1.21. The fraction of sp³-hybridized carbons (Fsp3) is 0.208. The molecule has 0 saturated carbocycles. The molecule has 0 bridgehead atoms. The molecule has 1 aliphatic rings. The van der Waals surface area contributed by atoms with E-state index in [1.54, 1.807) is 6.07 Å². The van der Waals surface area contributed by atoms with E-state index in [0.29, 0.717) is 24.1 Å². The third-order valence-electron chi connectivity index (χ3n) is 5.61. The van der Waals surface area contributed by atoms with E-state index in [2.05, 4.69) is 0 Å². The van der Waals surface area contributed by atoms with Gasteiger partial charge < -0.3 is 0 Å². The average Bonchev–Trinajstić information content (AvgIpc) is 2.74. The Kier molecular flexibility index (Phi) is 6.05. The van der Waals surface area contributed by atoms with Crippen LogP contribution in [0.4, 0.5) is 14.5 Å². The molecule has 1 heterocycles. The molecule has 0 spiro atoms. The number of sulfonamides is 1. The summed E-state index contributed by atoms with van der Waals surface area (Å²) in [7, 11) is -3.92. The van der Waals surface area contributed by atoms with Crippen LogP contribution in [0.5, 0.6) is 0 Å². The maximum absolute atomic E-state index is 14.2. The number of rotatable bonds is 5. The maximum Gasteiger partial charge on any atom is 0.264 e. The molecule has 0 unspecified atom stereocenters. The number of carbonyl (C=O) groups is 1. The number of ketones is 1. The van der Waals surface area contributed by atoms with Crippen molar-refractivity contribution in [2.75, 3.05) is 10.8 Å². The van der Waals surface area contributed by atoms with E-state index >= 15 is 0 Å². The Hall–Kier alpha value is -2.77. The van der Waals surface area contributed by atoms with Gasteiger partial charge in [-0.15, -0.1) is 0 Å². The standard InChI is InChI=1S/C24H20ClF2NO3S/c1-15-12-16-4-3-11-28(32(30,31)19-9-7-18(26)8-10-19)22(16)13-17(15)14-23(29)24-20(25)5-2-6-21(24)27/h2,5-10,12-13H,3-4,11,14H2,1H3. The van der Waals surface area contributed by atoms with E-state index in [1.807, 2.05) is 13.0 Å². The lowest BCUT2D eigenvalue weighted by Gasteiger charge is -2.31. The number of aryl methyl sites for hydroxylation is 2. The van der Waals surface area contributed by atoms with Gasteiger partial charge in [0.05, 0.1) is 21.2 Å². The molecule has 3 aromatic rings. The van der Waals surface area contributed by atoms with Gasteiger partial charge in [-0.25, -0.2) is 17.2 Å². The highest BCUT2D eigenvalue weighted by Gasteiger charge is 2.30. The van der Waals surface area contributed by atoms with Crippen LogP contribution in [-0.4, -0.2) is 20.7 Å². The van der Waals surface area contributed by atoms with Crippen LogP contribution in [0, 0.1) is 18.6 Å². The lowest BCUT2D eigenvalue weighted by atomic mass is 9.93. The van der Waals surface area contributed by atoms with Gasteiger partial charge in [-0.1, -0.05) is 23.7 Å². The monoisotopic (exact) mass is 475 g/mol. The second-order valence-electron chi connectivity index (χ2n) is 7.74. The molecular weight excluding hydrogens is 456 g/mol. The molecule has 4 rings (SSSR count). The van der Waals surface area contributed by atoms with Crippen molar-refractivity contribution in [3.8, 4) is 0 Å². The zero-order chi connectivity index (χ0) is 23.0. The van der Waals surface area contributed by atoms with Crippen LogP contribution < -0.4 is 4.31 Å². The molecule has 0 amide bonds. The molecule has 0 aliphatic carbocycles. The van der Waals surface area contributed by atoms with Gasteiger partial charge in [0, 0.05) is 13.0 Å². The van der Waals surface area contributed by atoms with Crippen LogP contribution in [0.1, 0.15) is 33.5 Å². The number of hydrogen-bond acceptors (Lipinski definition) is 3. The summed E-state index contributed by atoms with van der Waals surface area (Å²) in [5.74, 6) is -1.70. The third kappa shape index (κ3) is 4.14. The summed E-state index contributed by atoms with van der Waals surface area (Å²) in [6, 6.07) is 12.3. The quantitative estimate of drug-likeness (QED) is 0.458. The molecule has 1 aliphatic heterocycles. The smallest absolute Gasteiger partial charge is 0.264 e. The predicted octanol–water partition coefficient (Wildman–Crippen LogP) is 5.49. The molecule has 0 fully saturated rings. The first-order valence-electron chi connectivity index (χ1n) is 10.1. The summed E-state index contributed by atoms with van der Waals surface area (Å²) >= 11 is 6.03. The largest absolute Gasteiger partial charge is 0.294 e. The summed E-state index contributed by atoms with van der Waals surface area (Å²) in [4.78, 5) is 12.8. The average molecular weight is 476 g/mol. The number of anilines is 1. The third-order valence-corrected chi connectivity index (χ3v) is 7.75. The van der Waals surface area contributed by atoms with E-state index < -0.39 is 27.4 Å². The van der Waals surface area contributed by atoms with Gasteiger partial charge in [0.15, 0.2) is 5.78 Å². The fourth-order valence-corrected chi connectivity index (χ4v) is 5.77. The van der Waals surface area contributed by atoms with Gasteiger partial charge in [0.1, 0.15) is 11.6 Å². The van der Waals surface area contributed by atoms with Crippen LogP contribution in [-0.2, 0) is 22.9 Å². The highest BCUT2D eigenvalue weighted by atomic mass is 35.5. The number of Topliss-reactive ketones (excluding diaryl/α,β-unsaturated/α-hetero) is 1. The molecule has 8 heteroatoms. The van der Waals surface area contributed by atoms with Gasteiger partial charge in [-0.3, -0.25) is 9.10 Å². The Morgan fingerprint density at radius 1 is 1.09 bits per heavy atom. The summed E-state index contributed by atoms with van der Waals surface area (Å²) in [5, 5.41) is 0.0335. The number of halogens is 3.